The molecule has 8 nitrogen and oxygen atoms in total. The molecular weight excluding hydrogens is 294 g/mol. The van der Waals surface area contributed by atoms with Crippen molar-refractivity contribution in [2.24, 2.45) is 0 Å². The van der Waals surface area contributed by atoms with E-state index in [9.17, 15) is 4.79 Å². The zero-order chi connectivity index (χ0) is 16.6. The lowest BCUT2D eigenvalue weighted by atomic mass is 10.3. The fraction of sp³-hybridized carbons (Fsp3) is 0.400. The Hall–Kier alpha value is -2.77. The van der Waals surface area contributed by atoms with Crippen LogP contribution >= 0.6 is 0 Å². The summed E-state index contributed by atoms with van der Waals surface area (Å²) in [6, 6.07) is 3.84. The Kier molecular flexibility index (Phi) is 3.81. The summed E-state index contributed by atoms with van der Waals surface area (Å²) in [6.07, 6.45) is 2.58. The molecule has 1 atom stereocenters. The number of aryl methyl sites for hydroxylation is 2. The minimum atomic E-state index is -0.377. The van der Waals surface area contributed by atoms with Crippen LogP contribution in [0.5, 0.6) is 0 Å². The average Bonchev–Trinajstić information content (AvgIpc) is 3.13. The molecule has 0 aromatic carbocycles. The number of carbonyl (C=O) groups excluding carboxylic acids is 1. The van der Waals surface area contributed by atoms with Crippen molar-refractivity contribution >= 4 is 17.5 Å². The molecule has 0 aliphatic heterocycles. The molecule has 3 aromatic rings. The van der Waals surface area contributed by atoms with E-state index < -0.39 is 0 Å². The lowest BCUT2D eigenvalue weighted by Crippen LogP contribution is -2.18. The van der Waals surface area contributed by atoms with Gasteiger partial charge >= 0.3 is 0 Å². The van der Waals surface area contributed by atoms with Crippen LogP contribution in [0.15, 0.2) is 18.3 Å². The molecular formula is C15H19N7O. The number of carbonyl (C=O) groups is 1. The molecule has 0 spiro atoms. The topological polar surface area (TPSA) is 90.0 Å². The number of nitrogens with one attached hydrogen (secondary N) is 1. The van der Waals surface area contributed by atoms with Gasteiger partial charge < -0.3 is 5.32 Å². The minimum Gasteiger partial charge on any atom is -0.304 e. The first-order chi connectivity index (χ1) is 11.0. The monoisotopic (exact) mass is 313 g/mol. The number of rotatable bonds is 4. The van der Waals surface area contributed by atoms with Gasteiger partial charge in [-0.2, -0.15) is 10.1 Å². The Morgan fingerprint density at radius 2 is 2.13 bits per heavy atom. The summed E-state index contributed by atoms with van der Waals surface area (Å²) in [6.45, 7) is 7.89. The normalized spacial score (nSPS) is 12.5. The number of hydrogen-bond acceptors (Lipinski definition) is 5. The zero-order valence-corrected chi connectivity index (χ0v) is 13.6. The number of amides is 1. The van der Waals surface area contributed by atoms with Gasteiger partial charge in [-0.15, -0.1) is 5.10 Å². The van der Waals surface area contributed by atoms with Crippen molar-refractivity contribution in [1.82, 2.24) is 29.4 Å². The lowest BCUT2D eigenvalue weighted by molar-refractivity contribution is 0.101. The molecule has 0 aliphatic carbocycles. The van der Waals surface area contributed by atoms with Crippen LogP contribution in [0.1, 0.15) is 48.3 Å². The molecule has 0 aliphatic rings. The van der Waals surface area contributed by atoms with E-state index in [0.29, 0.717) is 11.6 Å². The number of anilines is 1. The molecule has 3 aromatic heterocycles. The highest BCUT2D eigenvalue weighted by molar-refractivity contribution is 6.01. The van der Waals surface area contributed by atoms with Gasteiger partial charge in [0.05, 0.1) is 12.2 Å². The molecule has 0 radical (unpaired) electrons. The first-order valence-electron chi connectivity index (χ1n) is 7.55. The number of hydrogen-bond donors (Lipinski definition) is 1. The molecule has 0 saturated heterocycles. The third-order valence-corrected chi connectivity index (χ3v) is 3.74. The van der Waals surface area contributed by atoms with Gasteiger partial charge in [0.15, 0.2) is 0 Å². The SMILES string of the molecule is CCC(C)n1nccc1NC(=O)c1nc2nc(C)cc(C)n2n1. The standard InChI is InChI=1S/C15H19N7O/c1-5-10(3)21-12(6-7-16-21)18-14(23)13-19-15-17-9(2)8-11(4)22(15)20-13/h6-8,10H,5H2,1-4H3,(H,18,23). The largest absolute Gasteiger partial charge is 0.304 e. The highest BCUT2D eigenvalue weighted by atomic mass is 16.2. The fourth-order valence-corrected chi connectivity index (χ4v) is 2.37. The van der Waals surface area contributed by atoms with Crippen LogP contribution in [-0.4, -0.2) is 35.3 Å². The van der Waals surface area contributed by atoms with Crippen molar-refractivity contribution in [3.8, 4) is 0 Å². The Labute approximate surface area is 133 Å². The third kappa shape index (κ3) is 2.79. The Morgan fingerprint density at radius 1 is 1.35 bits per heavy atom. The molecule has 120 valence electrons. The molecule has 0 bridgehead atoms. The van der Waals surface area contributed by atoms with Gasteiger partial charge in [-0.25, -0.2) is 14.2 Å². The maximum absolute atomic E-state index is 12.4. The third-order valence-electron chi connectivity index (χ3n) is 3.74. The van der Waals surface area contributed by atoms with Gasteiger partial charge in [0, 0.05) is 17.5 Å². The maximum atomic E-state index is 12.4. The van der Waals surface area contributed by atoms with E-state index >= 15 is 0 Å². The first kappa shape index (κ1) is 15.1. The molecule has 3 heterocycles. The molecule has 0 saturated carbocycles. The van der Waals surface area contributed by atoms with E-state index in [4.69, 9.17) is 0 Å². The molecule has 1 N–H and O–H groups in total. The quantitative estimate of drug-likeness (QED) is 0.797. The van der Waals surface area contributed by atoms with E-state index in [0.717, 1.165) is 17.8 Å². The Morgan fingerprint density at radius 3 is 2.87 bits per heavy atom. The van der Waals surface area contributed by atoms with Crippen LogP contribution in [0, 0.1) is 13.8 Å². The van der Waals surface area contributed by atoms with Gasteiger partial charge in [0.1, 0.15) is 5.82 Å². The predicted molar refractivity (Wildman–Crippen MR) is 85.4 cm³/mol. The number of aromatic nitrogens is 6. The summed E-state index contributed by atoms with van der Waals surface area (Å²) in [5.74, 6) is 0.757. The predicted octanol–water partition coefficient (Wildman–Crippen LogP) is 2.16. The van der Waals surface area contributed by atoms with E-state index in [1.807, 2.05) is 26.8 Å². The summed E-state index contributed by atoms with van der Waals surface area (Å²) in [4.78, 5) is 20.9. The minimum absolute atomic E-state index is 0.0862. The van der Waals surface area contributed by atoms with Crippen molar-refractivity contribution in [2.45, 2.75) is 40.2 Å². The van der Waals surface area contributed by atoms with Gasteiger partial charge in [0.25, 0.3) is 11.7 Å². The van der Waals surface area contributed by atoms with Crippen molar-refractivity contribution in [3.05, 3.63) is 35.5 Å². The van der Waals surface area contributed by atoms with E-state index in [-0.39, 0.29) is 17.8 Å². The van der Waals surface area contributed by atoms with Crippen molar-refractivity contribution in [2.75, 3.05) is 5.32 Å². The summed E-state index contributed by atoms with van der Waals surface area (Å²) in [5, 5.41) is 11.3. The van der Waals surface area contributed by atoms with Gasteiger partial charge in [-0.3, -0.25) is 4.79 Å². The van der Waals surface area contributed by atoms with Crippen LogP contribution in [0.25, 0.3) is 5.78 Å². The summed E-state index contributed by atoms with van der Waals surface area (Å²) < 4.78 is 3.34. The van der Waals surface area contributed by atoms with Crippen LogP contribution in [0.3, 0.4) is 0 Å². The summed E-state index contributed by atoms with van der Waals surface area (Å²) in [7, 11) is 0. The van der Waals surface area contributed by atoms with Crippen LogP contribution < -0.4 is 5.32 Å². The van der Waals surface area contributed by atoms with Gasteiger partial charge in [-0.05, 0) is 33.3 Å². The molecule has 1 amide bonds. The highest BCUT2D eigenvalue weighted by Crippen LogP contribution is 2.17. The molecule has 3 rings (SSSR count). The summed E-state index contributed by atoms with van der Waals surface area (Å²) in [5.41, 5.74) is 1.72. The van der Waals surface area contributed by atoms with E-state index in [1.165, 1.54) is 0 Å². The zero-order valence-electron chi connectivity index (χ0n) is 13.6. The average molecular weight is 313 g/mol. The first-order valence-corrected chi connectivity index (χ1v) is 7.55. The fourth-order valence-electron chi connectivity index (χ4n) is 2.37. The highest BCUT2D eigenvalue weighted by Gasteiger charge is 2.17. The van der Waals surface area contributed by atoms with Crippen molar-refractivity contribution in [3.63, 3.8) is 0 Å². The van der Waals surface area contributed by atoms with Crippen molar-refractivity contribution in [1.29, 1.82) is 0 Å². The van der Waals surface area contributed by atoms with E-state index in [1.54, 1.807) is 21.5 Å². The van der Waals surface area contributed by atoms with Crippen LogP contribution in [-0.2, 0) is 0 Å². The molecule has 1 unspecified atom stereocenters. The Balaban J connectivity index is 1.90. The lowest BCUT2D eigenvalue weighted by Gasteiger charge is -2.13. The molecule has 8 heteroatoms. The molecule has 0 fully saturated rings. The second-order valence-corrected chi connectivity index (χ2v) is 5.56. The smallest absolute Gasteiger partial charge is 0.296 e. The summed E-state index contributed by atoms with van der Waals surface area (Å²) >= 11 is 0. The second kappa shape index (κ2) is 5.79. The van der Waals surface area contributed by atoms with Gasteiger partial charge in [0.2, 0.25) is 5.82 Å². The maximum Gasteiger partial charge on any atom is 0.296 e. The second-order valence-electron chi connectivity index (χ2n) is 5.56. The number of nitrogens with zero attached hydrogens (tertiary/aromatic N) is 6. The van der Waals surface area contributed by atoms with Crippen LogP contribution in [0.4, 0.5) is 5.82 Å². The Bertz CT molecular complexity index is 864. The number of fused-ring (bicyclic) bond motifs is 1. The molecule has 23 heavy (non-hydrogen) atoms. The van der Waals surface area contributed by atoms with Gasteiger partial charge in [-0.1, -0.05) is 6.92 Å². The van der Waals surface area contributed by atoms with Crippen molar-refractivity contribution < 1.29 is 4.79 Å². The van der Waals surface area contributed by atoms with Crippen LogP contribution in [0.2, 0.25) is 0 Å². The van der Waals surface area contributed by atoms with E-state index in [2.05, 4.69) is 32.4 Å².